The summed E-state index contributed by atoms with van der Waals surface area (Å²) in [4.78, 5) is 25.8. The molecular weight excluding hydrogens is 375 g/mol. The highest BCUT2D eigenvalue weighted by molar-refractivity contribution is 5.94. The molecule has 0 radical (unpaired) electrons. The number of nitrogens with zero attached hydrogens (tertiary/aromatic N) is 1. The topological polar surface area (TPSA) is 78.9 Å². The molecule has 0 unspecified atom stereocenters. The lowest BCUT2D eigenvalue weighted by molar-refractivity contribution is -0.168. The molecule has 0 spiro atoms. The van der Waals surface area contributed by atoms with Gasteiger partial charge in [-0.1, -0.05) is 18.2 Å². The van der Waals surface area contributed by atoms with E-state index in [1.165, 1.54) is 24.3 Å². The van der Waals surface area contributed by atoms with Crippen LogP contribution in [0.2, 0.25) is 0 Å². The number of amides is 1. The molecule has 2 aliphatic rings. The molecule has 7 heteroatoms. The van der Waals surface area contributed by atoms with Gasteiger partial charge < -0.3 is 15.2 Å². The summed E-state index contributed by atoms with van der Waals surface area (Å²) < 4.78 is 19.1. The number of carbonyl (C=O) groups excluding carboxylic acids is 1. The number of halogens is 1. The molecule has 2 aliphatic heterocycles. The van der Waals surface area contributed by atoms with E-state index in [1.807, 2.05) is 12.1 Å². The smallest absolute Gasteiger partial charge is 0.336 e. The summed E-state index contributed by atoms with van der Waals surface area (Å²) in [6.07, 6.45) is 1.82. The Hall–Kier alpha value is -2.77. The van der Waals surface area contributed by atoms with Crippen LogP contribution in [0.5, 0.6) is 0 Å². The van der Waals surface area contributed by atoms with Gasteiger partial charge in [-0.15, -0.1) is 0 Å². The van der Waals surface area contributed by atoms with Crippen LogP contribution in [0.1, 0.15) is 39.1 Å². The number of benzene rings is 2. The van der Waals surface area contributed by atoms with Crippen molar-refractivity contribution in [1.29, 1.82) is 0 Å². The minimum Gasteiger partial charge on any atom is -0.478 e. The summed E-state index contributed by atoms with van der Waals surface area (Å²) in [6, 6.07) is 12.8. The van der Waals surface area contributed by atoms with Gasteiger partial charge in [0.1, 0.15) is 5.82 Å². The fraction of sp³-hybridized carbons (Fsp3) is 0.364. The number of ether oxygens (including phenoxy) is 1. The van der Waals surface area contributed by atoms with Crippen LogP contribution in [0, 0.1) is 5.82 Å². The zero-order valence-corrected chi connectivity index (χ0v) is 15.9. The van der Waals surface area contributed by atoms with E-state index in [1.54, 1.807) is 12.1 Å². The van der Waals surface area contributed by atoms with E-state index >= 15 is 0 Å². The second-order valence-corrected chi connectivity index (χ2v) is 7.55. The maximum absolute atomic E-state index is 13.0. The van der Waals surface area contributed by atoms with Crippen molar-refractivity contribution < 1.29 is 23.8 Å². The minimum atomic E-state index is -0.908. The molecule has 2 N–H and O–H groups in total. The number of aromatic carboxylic acids is 1. The van der Waals surface area contributed by atoms with Gasteiger partial charge in [-0.25, -0.2) is 9.18 Å². The number of hydrogen-bond acceptors (Lipinski definition) is 4. The molecule has 0 bridgehead atoms. The van der Waals surface area contributed by atoms with E-state index in [0.717, 1.165) is 24.9 Å². The molecule has 0 aliphatic carbocycles. The van der Waals surface area contributed by atoms with Crippen molar-refractivity contribution >= 4 is 11.9 Å². The Labute approximate surface area is 168 Å². The fourth-order valence-electron chi connectivity index (χ4n) is 4.09. The van der Waals surface area contributed by atoms with E-state index in [9.17, 15) is 19.1 Å². The molecule has 2 heterocycles. The molecule has 3 atom stereocenters. The van der Waals surface area contributed by atoms with Gasteiger partial charge in [-0.3, -0.25) is 9.69 Å². The first kappa shape index (κ1) is 19.5. The quantitative estimate of drug-likeness (QED) is 0.782. The molecule has 29 heavy (non-hydrogen) atoms. The number of hydrogen-bond donors (Lipinski definition) is 2. The van der Waals surface area contributed by atoms with E-state index in [2.05, 4.69) is 10.2 Å². The Kier molecular flexibility index (Phi) is 5.60. The van der Waals surface area contributed by atoms with Crippen molar-refractivity contribution in [2.75, 3.05) is 13.1 Å². The van der Waals surface area contributed by atoms with E-state index in [0.29, 0.717) is 24.2 Å². The number of carboxylic acid groups (broad SMARTS) is 1. The van der Waals surface area contributed by atoms with Crippen LogP contribution in [0.25, 0.3) is 0 Å². The number of fused-ring (bicyclic) bond motifs is 1. The van der Waals surface area contributed by atoms with Crippen LogP contribution in [0.15, 0.2) is 48.5 Å². The summed E-state index contributed by atoms with van der Waals surface area (Å²) in [5.41, 5.74) is 1.58. The summed E-state index contributed by atoms with van der Waals surface area (Å²) in [5, 5.41) is 12.2. The highest BCUT2D eigenvalue weighted by Gasteiger charge is 2.44. The largest absolute Gasteiger partial charge is 0.478 e. The molecule has 152 valence electrons. The summed E-state index contributed by atoms with van der Waals surface area (Å²) >= 11 is 0. The van der Waals surface area contributed by atoms with Crippen LogP contribution in [0.4, 0.5) is 4.39 Å². The lowest BCUT2D eigenvalue weighted by Crippen LogP contribution is -2.64. The number of rotatable bonds is 6. The van der Waals surface area contributed by atoms with Crippen LogP contribution in [0.3, 0.4) is 0 Å². The first-order chi connectivity index (χ1) is 14.0. The van der Waals surface area contributed by atoms with Gasteiger partial charge in [-0.2, -0.15) is 0 Å². The van der Waals surface area contributed by atoms with Crippen molar-refractivity contribution in [1.82, 2.24) is 10.2 Å². The molecule has 2 saturated heterocycles. The number of likely N-dealkylation sites (tertiary alicyclic amines) is 1. The lowest BCUT2D eigenvalue weighted by Gasteiger charge is -2.52. The second-order valence-electron chi connectivity index (χ2n) is 7.55. The number of carbonyl (C=O) groups is 2. The predicted molar refractivity (Wildman–Crippen MR) is 104 cm³/mol. The Bertz CT molecular complexity index is 902. The van der Waals surface area contributed by atoms with E-state index in [-0.39, 0.29) is 30.0 Å². The Morgan fingerprint density at radius 3 is 2.62 bits per heavy atom. The summed E-state index contributed by atoms with van der Waals surface area (Å²) in [7, 11) is 0. The van der Waals surface area contributed by atoms with Gasteiger partial charge in [0.05, 0.1) is 17.8 Å². The Morgan fingerprint density at radius 2 is 1.90 bits per heavy atom. The molecular formula is C22H23FN2O4. The zero-order chi connectivity index (χ0) is 20.4. The van der Waals surface area contributed by atoms with Crippen molar-refractivity contribution in [3.8, 4) is 0 Å². The normalized spacial score (nSPS) is 23.7. The lowest BCUT2D eigenvalue weighted by atomic mass is 9.88. The molecule has 1 amide bonds. The molecule has 2 aromatic carbocycles. The van der Waals surface area contributed by atoms with Gasteiger partial charge >= 0.3 is 5.97 Å². The van der Waals surface area contributed by atoms with Gasteiger partial charge in [0.2, 0.25) is 0 Å². The summed E-state index contributed by atoms with van der Waals surface area (Å²) in [5.74, 6) is -1.52. The van der Waals surface area contributed by atoms with Crippen molar-refractivity contribution in [2.24, 2.45) is 0 Å². The first-order valence-corrected chi connectivity index (χ1v) is 9.76. The van der Waals surface area contributed by atoms with Gasteiger partial charge in [0.15, 0.2) is 0 Å². The van der Waals surface area contributed by atoms with Crippen molar-refractivity contribution in [3.05, 3.63) is 71.0 Å². The monoisotopic (exact) mass is 398 g/mol. The third-order valence-corrected chi connectivity index (χ3v) is 5.68. The Morgan fingerprint density at radius 1 is 1.14 bits per heavy atom. The molecule has 2 aromatic rings. The second kappa shape index (κ2) is 8.31. The average Bonchev–Trinajstić information content (AvgIpc) is 2.71. The van der Waals surface area contributed by atoms with Crippen molar-refractivity contribution in [3.63, 3.8) is 0 Å². The number of nitrogens with one attached hydrogen (secondary N) is 1. The predicted octanol–water partition coefficient (Wildman–Crippen LogP) is 2.69. The van der Waals surface area contributed by atoms with Crippen LogP contribution in [-0.4, -0.2) is 53.2 Å². The van der Waals surface area contributed by atoms with Crippen LogP contribution < -0.4 is 5.32 Å². The van der Waals surface area contributed by atoms with Crippen LogP contribution >= 0.6 is 0 Å². The standard InChI is InChI=1S/C22H23FN2O4/c23-16-7-5-14(6-8-16)21(26)24-11-17-9-10-19-20(29-17)13-25(19)12-15-3-1-2-4-18(15)22(27)28/h1-8,17,19-20H,9-13H2,(H,24,26)(H,27,28)/t17-,19-,20-/m0/s1. The van der Waals surface area contributed by atoms with E-state index in [4.69, 9.17) is 4.74 Å². The van der Waals surface area contributed by atoms with Gasteiger partial charge in [-0.05, 0) is 48.7 Å². The Balaban J connectivity index is 1.26. The average molecular weight is 398 g/mol. The maximum atomic E-state index is 13.0. The minimum absolute atomic E-state index is 0.0471. The maximum Gasteiger partial charge on any atom is 0.336 e. The molecule has 2 fully saturated rings. The third-order valence-electron chi connectivity index (χ3n) is 5.68. The zero-order valence-electron chi connectivity index (χ0n) is 15.9. The molecule has 4 rings (SSSR count). The van der Waals surface area contributed by atoms with Crippen LogP contribution in [-0.2, 0) is 11.3 Å². The van der Waals surface area contributed by atoms with E-state index < -0.39 is 5.97 Å². The van der Waals surface area contributed by atoms with Gasteiger partial charge in [0.25, 0.3) is 5.91 Å². The third kappa shape index (κ3) is 4.31. The van der Waals surface area contributed by atoms with Gasteiger partial charge in [0, 0.05) is 31.2 Å². The SMILES string of the molecule is O=C(NC[C@@H]1CC[C@H]2[C@H](CN2Cc2ccccc2C(=O)O)O1)c1ccc(F)cc1. The molecule has 6 nitrogen and oxygen atoms in total. The first-order valence-electron chi connectivity index (χ1n) is 9.76. The van der Waals surface area contributed by atoms with Crippen molar-refractivity contribution in [2.45, 2.75) is 37.6 Å². The highest BCUT2D eigenvalue weighted by atomic mass is 19.1. The highest BCUT2D eigenvalue weighted by Crippen LogP contribution is 2.33. The molecule has 0 aromatic heterocycles. The summed E-state index contributed by atoms with van der Waals surface area (Å²) in [6.45, 7) is 1.77. The number of carboxylic acids is 1. The molecule has 0 saturated carbocycles. The fourth-order valence-corrected chi connectivity index (χ4v) is 4.09.